The fourth-order valence-electron chi connectivity index (χ4n) is 18.9. The average molecular weight is 1610 g/mol. The van der Waals surface area contributed by atoms with Crippen molar-refractivity contribution in [3.05, 3.63) is 514 Å². The van der Waals surface area contributed by atoms with Crippen LogP contribution in [-0.4, -0.2) is 14.5 Å². The van der Waals surface area contributed by atoms with E-state index in [4.69, 9.17) is 9.97 Å². The largest absolute Gasteiger partial charge is 0.311 e. The lowest BCUT2D eigenvalue weighted by atomic mass is 9.68. The highest BCUT2D eigenvalue weighted by molar-refractivity contribution is 7.26. The molecule has 588 valence electrons. The zero-order chi connectivity index (χ0) is 83.0. The van der Waals surface area contributed by atoms with E-state index in [0.29, 0.717) is 0 Å². The number of para-hydroxylation sites is 4. The summed E-state index contributed by atoms with van der Waals surface area (Å²) in [6, 6.07) is 174. The molecule has 0 N–H and O–H groups in total. The maximum atomic E-state index is 5.20. The van der Waals surface area contributed by atoms with E-state index < -0.39 is 5.41 Å². The molecule has 0 amide bonds. The second kappa shape index (κ2) is 32.8. The standard InChI is InChI=1S/C43H31N.C42H30N2.C34H20N2S/c1-4-14-32(15-5-1)33-24-28-37(29-25-33)44(36-18-8-3-9-19-36)38-30-26-35(27-31-38)43(34-16-6-2-7-17-34)41-22-12-10-20-39(41)40-21-11-13-23-42(40)43;1-4-12-31(13-5-1)32-20-25-37(26-21-32)43(35-14-6-2-7-15-35)38-27-22-33(23-28-38)34-24-29-42-40(30-34)39-18-10-11-19-41(39)44(42)36-16-8-3-9-17-36;1-3-14-27-24(11-1)25-12-2-4-15-28(25)33-32(27)35-20-30(36-33)22-10-7-9-21(19-22)23-16-8-17-29-26-13-5-6-18-31(26)37-34(23)29/h1-31H;1-30H;1-20H. The number of rotatable bonds is 14. The quantitative estimate of drug-likeness (QED) is 0.102. The molecule has 125 heavy (non-hydrogen) atoms. The lowest BCUT2D eigenvalue weighted by Crippen LogP contribution is -2.28. The summed E-state index contributed by atoms with van der Waals surface area (Å²) in [7, 11) is 0. The van der Waals surface area contributed by atoms with Crippen molar-refractivity contribution in [1.29, 1.82) is 0 Å². The van der Waals surface area contributed by atoms with Crippen molar-refractivity contribution in [2.45, 2.75) is 5.41 Å². The Hall–Kier alpha value is -16.1. The van der Waals surface area contributed by atoms with Crippen LogP contribution in [0.3, 0.4) is 0 Å². The highest BCUT2D eigenvalue weighted by atomic mass is 32.1. The van der Waals surface area contributed by atoms with Crippen LogP contribution in [0.2, 0.25) is 0 Å². The van der Waals surface area contributed by atoms with Crippen LogP contribution in [0.25, 0.3) is 147 Å². The number of benzene rings is 20. The Balaban J connectivity index is 0.000000112. The van der Waals surface area contributed by atoms with Crippen molar-refractivity contribution in [2.75, 3.05) is 9.80 Å². The second-order valence-electron chi connectivity index (χ2n) is 31.8. The van der Waals surface area contributed by atoms with E-state index in [1.54, 1.807) is 0 Å². The van der Waals surface area contributed by atoms with Crippen LogP contribution >= 0.6 is 11.3 Å². The third kappa shape index (κ3) is 13.8. The molecule has 5 nitrogen and oxygen atoms in total. The van der Waals surface area contributed by atoms with Gasteiger partial charge in [-0.1, -0.05) is 370 Å². The summed E-state index contributed by atoms with van der Waals surface area (Å²) in [6.07, 6.45) is 1.92. The molecule has 6 heteroatoms. The van der Waals surface area contributed by atoms with Gasteiger partial charge in [-0.3, -0.25) is 4.98 Å². The molecule has 23 aromatic rings. The van der Waals surface area contributed by atoms with Crippen molar-refractivity contribution in [2.24, 2.45) is 0 Å². The third-order valence-electron chi connectivity index (χ3n) is 24.7. The summed E-state index contributed by atoms with van der Waals surface area (Å²) in [4.78, 5) is 14.8. The van der Waals surface area contributed by atoms with E-state index in [1.807, 2.05) is 17.5 Å². The number of thiophene rings is 1. The van der Waals surface area contributed by atoms with Gasteiger partial charge in [-0.2, -0.15) is 0 Å². The first-order chi connectivity index (χ1) is 62.0. The summed E-state index contributed by atoms with van der Waals surface area (Å²) in [5, 5.41) is 9.85. The first-order valence-electron chi connectivity index (χ1n) is 42.7. The van der Waals surface area contributed by atoms with Gasteiger partial charge in [-0.15, -0.1) is 11.3 Å². The number of hydrogen-bond acceptors (Lipinski definition) is 5. The molecule has 0 spiro atoms. The number of hydrogen-bond donors (Lipinski definition) is 0. The van der Waals surface area contributed by atoms with Crippen LogP contribution in [0.4, 0.5) is 34.1 Å². The van der Waals surface area contributed by atoms with Crippen LogP contribution in [0.15, 0.2) is 492 Å². The van der Waals surface area contributed by atoms with E-state index in [9.17, 15) is 0 Å². The van der Waals surface area contributed by atoms with Crippen molar-refractivity contribution >= 4 is 120 Å². The molecule has 0 saturated carbocycles. The topological polar surface area (TPSA) is 37.2 Å². The molecule has 3 aromatic heterocycles. The molecule has 0 saturated heterocycles. The Morgan fingerprint density at radius 1 is 0.232 bits per heavy atom. The molecule has 1 aliphatic rings. The second-order valence-corrected chi connectivity index (χ2v) is 32.8. The molecule has 3 heterocycles. The number of nitrogens with zero attached hydrogens (tertiary/aromatic N) is 5. The highest BCUT2D eigenvalue weighted by Gasteiger charge is 2.46. The van der Waals surface area contributed by atoms with Crippen molar-refractivity contribution in [3.63, 3.8) is 0 Å². The van der Waals surface area contributed by atoms with Gasteiger partial charge in [0.2, 0.25) is 0 Å². The van der Waals surface area contributed by atoms with Gasteiger partial charge in [-0.05, 0) is 204 Å². The van der Waals surface area contributed by atoms with Gasteiger partial charge >= 0.3 is 0 Å². The number of fused-ring (bicyclic) bond motifs is 15. The molecule has 0 atom stereocenters. The summed E-state index contributed by atoms with van der Waals surface area (Å²) >= 11 is 1.86. The Labute approximate surface area is 730 Å². The summed E-state index contributed by atoms with van der Waals surface area (Å²) in [5.41, 5.74) is 31.3. The molecular weight excluding hydrogens is 1530 g/mol. The average Bonchev–Trinajstić information content (AvgIpc) is 1.54. The number of aromatic nitrogens is 3. The molecule has 0 fully saturated rings. The van der Waals surface area contributed by atoms with E-state index in [-0.39, 0.29) is 0 Å². The van der Waals surface area contributed by atoms with Gasteiger partial charge in [0.1, 0.15) is 0 Å². The van der Waals surface area contributed by atoms with E-state index in [2.05, 4.69) is 500 Å². The predicted octanol–water partition coefficient (Wildman–Crippen LogP) is 32.4. The van der Waals surface area contributed by atoms with E-state index in [1.165, 1.54) is 136 Å². The van der Waals surface area contributed by atoms with Crippen molar-refractivity contribution in [3.8, 4) is 72.6 Å². The van der Waals surface area contributed by atoms with Crippen molar-refractivity contribution in [1.82, 2.24) is 14.5 Å². The first kappa shape index (κ1) is 75.1. The summed E-state index contributed by atoms with van der Waals surface area (Å²) < 4.78 is 5.00. The molecular formula is C119H81N5S. The molecule has 24 rings (SSSR count). The van der Waals surface area contributed by atoms with Gasteiger partial charge in [0.25, 0.3) is 0 Å². The zero-order valence-corrected chi connectivity index (χ0v) is 69.2. The van der Waals surface area contributed by atoms with Crippen LogP contribution in [0.5, 0.6) is 0 Å². The number of anilines is 6. The van der Waals surface area contributed by atoms with Gasteiger partial charge in [0, 0.05) is 87.1 Å². The van der Waals surface area contributed by atoms with E-state index in [0.717, 1.165) is 67.2 Å². The van der Waals surface area contributed by atoms with Crippen LogP contribution in [0.1, 0.15) is 22.3 Å². The monoisotopic (exact) mass is 1610 g/mol. The highest BCUT2D eigenvalue weighted by Crippen LogP contribution is 2.57. The molecule has 0 unspecified atom stereocenters. The molecule has 20 aromatic carbocycles. The van der Waals surface area contributed by atoms with Crippen molar-refractivity contribution < 1.29 is 0 Å². The van der Waals surface area contributed by atoms with Crippen LogP contribution < -0.4 is 9.80 Å². The predicted molar refractivity (Wildman–Crippen MR) is 529 cm³/mol. The minimum absolute atomic E-state index is 0.401. The smallest absolute Gasteiger partial charge is 0.0979 e. The zero-order valence-electron chi connectivity index (χ0n) is 68.4. The Bertz CT molecular complexity index is 7770. The van der Waals surface area contributed by atoms with Crippen LogP contribution in [-0.2, 0) is 5.41 Å². The Kier molecular flexibility index (Phi) is 19.7. The lowest BCUT2D eigenvalue weighted by molar-refractivity contribution is 0.768. The van der Waals surface area contributed by atoms with Gasteiger partial charge in [0.15, 0.2) is 0 Å². The van der Waals surface area contributed by atoms with Gasteiger partial charge < -0.3 is 14.4 Å². The molecule has 0 bridgehead atoms. The maximum absolute atomic E-state index is 5.20. The fraction of sp³-hybridized carbons (Fsp3) is 0.00840. The molecule has 0 radical (unpaired) electrons. The minimum atomic E-state index is -0.401. The SMILES string of the molecule is c1cc(-c2cnc3c4ccccc4c4ccccc4c3n2)cc(-c2cccc3c2sc2ccccc23)c1.c1ccc(-c2ccc(N(c3ccccc3)c3ccc(-c4ccc5c(c4)c4ccccc4n5-c4ccccc4)cc3)cc2)cc1.c1ccc(-c2ccc(N(c3ccccc3)c3ccc(C4(c5ccccc5)c5ccccc5-c5ccccc54)cc3)cc2)cc1. The lowest BCUT2D eigenvalue weighted by Gasteiger charge is -2.34. The Morgan fingerprint density at radius 2 is 0.608 bits per heavy atom. The minimum Gasteiger partial charge on any atom is -0.311 e. The summed E-state index contributed by atoms with van der Waals surface area (Å²) in [6.45, 7) is 0. The fourth-order valence-corrected chi connectivity index (χ4v) is 20.1. The molecule has 1 aliphatic carbocycles. The summed E-state index contributed by atoms with van der Waals surface area (Å²) in [5.74, 6) is 0. The normalized spacial score (nSPS) is 11.9. The van der Waals surface area contributed by atoms with E-state index >= 15 is 0 Å². The first-order valence-corrected chi connectivity index (χ1v) is 43.5. The molecule has 0 aliphatic heterocycles. The third-order valence-corrected chi connectivity index (χ3v) is 25.9. The van der Waals surface area contributed by atoms with Gasteiger partial charge in [-0.25, -0.2) is 4.98 Å². The van der Waals surface area contributed by atoms with Crippen LogP contribution in [0, 0.1) is 0 Å². The van der Waals surface area contributed by atoms with Gasteiger partial charge in [0.05, 0.1) is 39.4 Å². The Morgan fingerprint density at radius 3 is 1.18 bits per heavy atom. The maximum Gasteiger partial charge on any atom is 0.0979 e.